The molecule has 0 aromatic carbocycles. The molecule has 0 radical (unpaired) electrons. The van der Waals surface area contributed by atoms with Crippen LogP contribution in [0.15, 0.2) is 16.3 Å². The smallest absolute Gasteiger partial charge is 0.304 e. The fourth-order valence-electron chi connectivity index (χ4n) is 1.50. The molecule has 2 N–H and O–H groups in total. The molecule has 1 aromatic rings. The molecule has 1 rings (SSSR count). The monoisotopic (exact) mass is 305 g/mol. The Morgan fingerprint density at radius 3 is 2.37 bits per heavy atom. The van der Waals surface area contributed by atoms with Crippen LogP contribution in [0.25, 0.3) is 0 Å². The lowest BCUT2D eigenvalue weighted by atomic mass is 9.85. The molecule has 0 spiro atoms. The van der Waals surface area contributed by atoms with E-state index in [4.69, 9.17) is 5.11 Å². The van der Waals surface area contributed by atoms with Crippen LogP contribution in [-0.2, 0) is 14.8 Å². The first kappa shape index (κ1) is 16.1. The lowest BCUT2D eigenvalue weighted by molar-refractivity contribution is -0.138. The molecular formula is C12H19NO4S2. The number of carboxylic acid groups (broad SMARTS) is 1. The predicted octanol–water partition coefficient (Wildman–Crippen LogP) is 2.22. The number of carboxylic acids is 1. The van der Waals surface area contributed by atoms with Gasteiger partial charge < -0.3 is 5.11 Å². The Kier molecular flexibility index (Phi) is 4.76. The van der Waals surface area contributed by atoms with Gasteiger partial charge in [0.15, 0.2) is 0 Å². The molecule has 0 amide bonds. The molecule has 0 aliphatic heterocycles. The highest BCUT2D eigenvalue weighted by Gasteiger charge is 2.31. The summed E-state index contributed by atoms with van der Waals surface area (Å²) in [5, 5.41) is 8.89. The minimum Gasteiger partial charge on any atom is -0.481 e. The highest BCUT2D eigenvalue weighted by atomic mass is 32.2. The molecular weight excluding hydrogens is 286 g/mol. The number of rotatable bonds is 5. The molecule has 7 heteroatoms. The summed E-state index contributed by atoms with van der Waals surface area (Å²) < 4.78 is 27.1. The van der Waals surface area contributed by atoms with E-state index in [1.165, 1.54) is 17.4 Å². The molecule has 1 heterocycles. The van der Waals surface area contributed by atoms with Crippen molar-refractivity contribution in [3.63, 3.8) is 0 Å². The number of nitrogens with one attached hydrogen (secondary N) is 1. The van der Waals surface area contributed by atoms with Crippen LogP contribution in [0.5, 0.6) is 0 Å². The summed E-state index contributed by atoms with van der Waals surface area (Å²) >= 11 is 1.17. The highest BCUT2D eigenvalue weighted by Crippen LogP contribution is 2.26. The molecule has 0 aliphatic carbocycles. The van der Waals surface area contributed by atoms with Gasteiger partial charge in [0.1, 0.15) is 4.21 Å². The largest absolute Gasteiger partial charge is 0.481 e. The Morgan fingerprint density at radius 1 is 1.42 bits per heavy atom. The van der Waals surface area contributed by atoms with E-state index in [1.54, 1.807) is 6.07 Å². The maximum absolute atomic E-state index is 12.2. The second-order valence-electron chi connectivity index (χ2n) is 5.50. The molecule has 0 bridgehead atoms. The van der Waals surface area contributed by atoms with E-state index in [9.17, 15) is 13.2 Å². The number of sulfonamides is 1. The molecule has 1 atom stereocenters. The molecule has 108 valence electrons. The second kappa shape index (κ2) is 5.60. The van der Waals surface area contributed by atoms with Crippen molar-refractivity contribution in [1.29, 1.82) is 0 Å². The third-order valence-electron chi connectivity index (χ3n) is 2.70. The van der Waals surface area contributed by atoms with Gasteiger partial charge in [-0.1, -0.05) is 20.8 Å². The third-order valence-corrected chi connectivity index (χ3v) is 5.67. The standard InChI is InChI=1S/C12H19NO4S2/c1-8-5-6-11(18-8)19(16,17)13-9(7-10(14)15)12(2,3)4/h5-6,9,13H,7H2,1-4H3,(H,14,15). The van der Waals surface area contributed by atoms with E-state index in [0.717, 1.165) is 4.88 Å². The summed E-state index contributed by atoms with van der Waals surface area (Å²) in [6.45, 7) is 7.25. The van der Waals surface area contributed by atoms with Crippen molar-refractivity contribution in [3.8, 4) is 0 Å². The number of hydrogen-bond acceptors (Lipinski definition) is 4. The van der Waals surface area contributed by atoms with Crippen LogP contribution >= 0.6 is 11.3 Å². The van der Waals surface area contributed by atoms with Crippen molar-refractivity contribution in [2.75, 3.05) is 0 Å². The van der Waals surface area contributed by atoms with Crippen molar-refractivity contribution in [1.82, 2.24) is 4.72 Å². The Labute approximate surface area is 117 Å². The summed E-state index contributed by atoms with van der Waals surface area (Å²) in [6.07, 6.45) is -0.243. The molecule has 0 saturated heterocycles. The van der Waals surface area contributed by atoms with Crippen LogP contribution in [0.4, 0.5) is 0 Å². The first-order valence-corrected chi connectivity index (χ1v) is 8.13. The van der Waals surface area contributed by atoms with Gasteiger partial charge in [-0.05, 0) is 24.5 Å². The Hall–Kier alpha value is -0.920. The molecule has 1 aromatic heterocycles. The Balaban J connectivity index is 2.99. The maximum Gasteiger partial charge on any atom is 0.304 e. The normalized spacial score (nSPS) is 14.3. The number of aryl methyl sites for hydroxylation is 1. The average molecular weight is 305 g/mol. The van der Waals surface area contributed by atoms with Gasteiger partial charge in [-0.15, -0.1) is 11.3 Å². The van der Waals surface area contributed by atoms with Gasteiger partial charge in [0.25, 0.3) is 0 Å². The summed E-state index contributed by atoms with van der Waals surface area (Å²) in [5.41, 5.74) is -0.474. The fourth-order valence-corrected chi connectivity index (χ4v) is 4.24. The molecule has 0 fully saturated rings. The number of carbonyl (C=O) groups is 1. The van der Waals surface area contributed by atoms with Crippen molar-refractivity contribution in [2.45, 2.75) is 44.4 Å². The molecule has 0 saturated carbocycles. The number of thiophene rings is 1. The van der Waals surface area contributed by atoms with Crippen LogP contribution in [0.2, 0.25) is 0 Å². The topological polar surface area (TPSA) is 83.5 Å². The van der Waals surface area contributed by atoms with E-state index in [-0.39, 0.29) is 10.6 Å². The van der Waals surface area contributed by atoms with E-state index >= 15 is 0 Å². The predicted molar refractivity (Wildman–Crippen MR) is 74.9 cm³/mol. The summed E-state index contributed by atoms with van der Waals surface area (Å²) in [7, 11) is -3.66. The first-order valence-electron chi connectivity index (χ1n) is 5.83. The zero-order valence-corrected chi connectivity index (χ0v) is 13.1. The Morgan fingerprint density at radius 2 is 2.00 bits per heavy atom. The van der Waals surface area contributed by atoms with Crippen LogP contribution < -0.4 is 4.72 Å². The summed E-state index contributed by atoms with van der Waals surface area (Å²) in [6, 6.07) is 2.60. The zero-order valence-electron chi connectivity index (χ0n) is 11.4. The van der Waals surface area contributed by atoms with Gasteiger partial charge in [-0.25, -0.2) is 13.1 Å². The summed E-state index contributed by atoms with van der Waals surface area (Å²) in [4.78, 5) is 11.7. The van der Waals surface area contributed by atoms with E-state index < -0.39 is 27.4 Å². The SMILES string of the molecule is Cc1ccc(S(=O)(=O)NC(CC(=O)O)C(C)(C)C)s1. The zero-order chi connectivity index (χ0) is 14.8. The fraction of sp³-hybridized carbons (Fsp3) is 0.583. The lowest BCUT2D eigenvalue weighted by Crippen LogP contribution is -2.44. The second-order valence-corrected chi connectivity index (χ2v) is 8.73. The van der Waals surface area contributed by atoms with Gasteiger partial charge in [-0.2, -0.15) is 0 Å². The van der Waals surface area contributed by atoms with Crippen molar-refractivity contribution in [2.24, 2.45) is 5.41 Å². The summed E-state index contributed by atoms with van der Waals surface area (Å²) in [5.74, 6) is -1.02. The first-order chi connectivity index (χ1) is 8.52. The quantitative estimate of drug-likeness (QED) is 0.873. The van der Waals surface area contributed by atoms with E-state index in [1.807, 2.05) is 27.7 Å². The molecule has 19 heavy (non-hydrogen) atoms. The number of hydrogen-bond donors (Lipinski definition) is 2. The van der Waals surface area contributed by atoms with E-state index in [0.29, 0.717) is 0 Å². The van der Waals surface area contributed by atoms with Gasteiger partial charge in [-0.3, -0.25) is 4.79 Å². The maximum atomic E-state index is 12.2. The van der Waals surface area contributed by atoms with Crippen LogP contribution in [-0.4, -0.2) is 25.5 Å². The highest BCUT2D eigenvalue weighted by molar-refractivity contribution is 7.91. The van der Waals surface area contributed by atoms with Gasteiger partial charge in [0.05, 0.1) is 6.42 Å². The van der Waals surface area contributed by atoms with Crippen LogP contribution in [0, 0.1) is 12.3 Å². The third kappa shape index (κ3) is 4.59. The van der Waals surface area contributed by atoms with Gasteiger partial charge >= 0.3 is 5.97 Å². The van der Waals surface area contributed by atoms with Crippen LogP contribution in [0.3, 0.4) is 0 Å². The van der Waals surface area contributed by atoms with Crippen LogP contribution in [0.1, 0.15) is 32.1 Å². The van der Waals surface area contributed by atoms with Gasteiger partial charge in [0, 0.05) is 10.9 Å². The van der Waals surface area contributed by atoms with Crippen molar-refractivity contribution in [3.05, 3.63) is 17.0 Å². The van der Waals surface area contributed by atoms with E-state index in [2.05, 4.69) is 4.72 Å². The molecule has 0 aliphatic rings. The van der Waals surface area contributed by atoms with Crippen molar-refractivity contribution < 1.29 is 18.3 Å². The molecule has 1 unspecified atom stereocenters. The Bertz CT molecular complexity index is 555. The minimum atomic E-state index is -3.66. The van der Waals surface area contributed by atoms with Gasteiger partial charge in [0.2, 0.25) is 10.0 Å². The average Bonchev–Trinajstić information content (AvgIpc) is 2.62. The minimum absolute atomic E-state index is 0.213. The lowest BCUT2D eigenvalue weighted by Gasteiger charge is -2.29. The number of aliphatic carboxylic acids is 1. The molecule has 5 nitrogen and oxygen atoms in total. The van der Waals surface area contributed by atoms with Crippen molar-refractivity contribution >= 4 is 27.3 Å².